The van der Waals surface area contributed by atoms with Crippen molar-refractivity contribution in [1.29, 1.82) is 0 Å². The molecule has 2 heteroatoms. The molecule has 1 N–H and O–H groups in total. The molecular weight excluding hydrogens is 126 g/mol. The summed E-state index contributed by atoms with van der Waals surface area (Å²) in [5.41, 5.74) is 0. The van der Waals surface area contributed by atoms with Crippen molar-refractivity contribution in [3.05, 3.63) is 0 Å². The lowest BCUT2D eigenvalue weighted by atomic mass is 9.96. The first kappa shape index (κ1) is 8.02. The molecule has 1 saturated heterocycles. The van der Waals surface area contributed by atoms with Crippen LogP contribution in [0.25, 0.3) is 0 Å². The zero-order chi connectivity index (χ0) is 7.56. The van der Waals surface area contributed by atoms with Crippen molar-refractivity contribution in [3.8, 4) is 0 Å². The Morgan fingerprint density at radius 2 is 2.30 bits per heavy atom. The fraction of sp³-hybridized carbons (Fsp3) is 1.00. The number of aliphatic hydroxyl groups is 1. The van der Waals surface area contributed by atoms with Gasteiger partial charge in [0.15, 0.2) is 0 Å². The van der Waals surface area contributed by atoms with Crippen LogP contribution < -0.4 is 0 Å². The fourth-order valence-corrected chi connectivity index (χ4v) is 1.40. The minimum absolute atomic E-state index is 0.0892. The molecule has 2 nitrogen and oxygen atoms in total. The highest BCUT2D eigenvalue weighted by atomic mass is 16.3. The maximum atomic E-state index is 9.44. The van der Waals surface area contributed by atoms with E-state index in [0.29, 0.717) is 5.92 Å². The maximum absolute atomic E-state index is 9.44. The van der Waals surface area contributed by atoms with Crippen molar-refractivity contribution in [2.75, 3.05) is 19.6 Å². The number of nitrogens with zero attached hydrogens (tertiary/aromatic N) is 1. The van der Waals surface area contributed by atoms with Crippen LogP contribution in [0.2, 0.25) is 0 Å². The highest BCUT2D eigenvalue weighted by Gasteiger charge is 2.22. The van der Waals surface area contributed by atoms with Crippen LogP contribution in [-0.4, -0.2) is 35.7 Å². The van der Waals surface area contributed by atoms with Crippen LogP contribution in [0.4, 0.5) is 0 Å². The molecule has 1 aliphatic rings. The number of likely N-dealkylation sites (tertiary alicyclic amines) is 1. The Labute approximate surface area is 62.8 Å². The number of hydrogen-bond acceptors (Lipinski definition) is 2. The van der Waals surface area contributed by atoms with E-state index in [1.54, 1.807) is 0 Å². The first-order valence-corrected chi connectivity index (χ1v) is 4.14. The minimum Gasteiger partial charge on any atom is -0.392 e. The van der Waals surface area contributed by atoms with Crippen LogP contribution in [0.5, 0.6) is 0 Å². The third-order valence-electron chi connectivity index (χ3n) is 2.45. The van der Waals surface area contributed by atoms with Crippen molar-refractivity contribution < 1.29 is 5.11 Å². The van der Waals surface area contributed by atoms with E-state index < -0.39 is 0 Å². The predicted octanol–water partition coefficient (Wildman–Crippen LogP) is 0.709. The molecule has 0 aromatic rings. The molecular formula is C8H17NO. The van der Waals surface area contributed by atoms with Gasteiger partial charge in [-0.3, -0.25) is 0 Å². The zero-order valence-electron chi connectivity index (χ0n) is 6.88. The number of β-amino-alcohol motifs (C(OH)–C–C–N with tert-alkyl or cyclic N) is 1. The van der Waals surface area contributed by atoms with Gasteiger partial charge in [-0.25, -0.2) is 0 Å². The van der Waals surface area contributed by atoms with Gasteiger partial charge in [0.05, 0.1) is 6.10 Å². The number of hydrogen-bond donors (Lipinski definition) is 1. The Hall–Kier alpha value is -0.0800. The summed E-state index contributed by atoms with van der Waals surface area (Å²) in [6, 6.07) is 0. The number of piperidine rings is 1. The summed E-state index contributed by atoms with van der Waals surface area (Å²) >= 11 is 0. The second kappa shape index (κ2) is 3.35. The summed E-state index contributed by atoms with van der Waals surface area (Å²) in [6.07, 6.45) is 1.06. The molecule has 1 aliphatic heterocycles. The normalized spacial score (nSPS) is 36.3. The summed E-state index contributed by atoms with van der Waals surface area (Å²) in [4.78, 5) is 2.30. The van der Waals surface area contributed by atoms with Gasteiger partial charge >= 0.3 is 0 Å². The molecule has 0 aromatic carbocycles. The molecule has 10 heavy (non-hydrogen) atoms. The summed E-state index contributed by atoms with van der Waals surface area (Å²) in [7, 11) is 0. The van der Waals surface area contributed by atoms with E-state index in [1.165, 1.54) is 0 Å². The average Bonchev–Trinajstić information content (AvgIpc) is 1.95. The van der Waals surface area contributed by atoms with Gasteiger partial charge in [0.25, 0.3) is 0 Å². The van der Waals surface area contributed by atoms with Crippen LogP contribution in [0, 0.1) is 5.92 Å². The van der Waals surface area contributed by atoms with Crippen LogP contribution in [0.1, 0.15) is 20.3 Å². The van der Waals surface area contributed by atoms with Crippen LogP contribution in [0.3, 0.4) is 0 Å². The van der Waals surface area contributed by atoms with Crippen LogP contribution in [0.15, 0.2) is 0 Å². The Morgan fingerprint density at radius 1 is 1.60 bits per heavy atom. The minimum atomic E-state index is -0.0892. The second-order valence-corrected chi connectivity index (χ2v) is 3.23. The van der Waals surface area contributed by atoms with Gasteiger partial charge in [0.2, 0.25) is 0 Å². The van der Waals surface area contributed by atoms with E-state index in [1.807, 2.05) is 0 Å². The Morgan fingerprint density at radius 3 is 2.80 bits per heavy atom. The highest BCUT2D eigenvalue weighted by Crippen LogP contribution is 2.15. The van der Waals surface area contributed by atoms with E-state index in [4.69, 9.17) is 0 Å². The molecule has 0 aromatic heterocycles. The zero-order valence-corrected chi connectivity index (χ0v) is 6.88. The lowest BCUT2D eigenvalue weighted by molar-refractivity contribution is 0.0316. The standard InChI is InChI=1S/C8H17NO/c1-3-9-5-4-7(2)8(10)6-9/h7-8,10H,3-6H2,1-2H3. The molecule has 0 spiro atoms. The van der Waals surface area contributed by atoms with Crippen LogP contribution in [-0.2, 0) is 0 Å². The number of rotatable bonds is 1. The molecule has 1 rings (SSSR count). The summed E-state index contributed by atoms with van der Waals surface area (Å²) in [5, 5.41) is 9.44. The fourth-order valence-electron chi connectivity index (χ4n) is 1.40. The Balaban J connectivity index is 2.33. The summed E-state index contributed by atoms with van der Waals surface area (Å²) in [6.45, 7) is 7.37. The van der Waals surface area contributed by atoms with Crippen molar-refractivity contribution in [3.63, 3.8) is 0 Å². The molecule has 1 fully saturated rings. The quantitative estimate of drug-likeness (QED) is 0.584. The smallest absolute Gasteiger partial charge is 0.0693 e. The average molecular weight is 143 g/mol. The monoisotopic (exact) mass is 143 g/mol. The molecule has 0 amide bonds. The number of aliphatic hydroxyl groups excluding tert-OH is 1. The van der Waals surface area contributed by atoms with Crippen molar-refractivity contribution in [2.24, 2.45) is 5.92 Å². The van der Waals surface area contributed by atoms with E-state index in [0.717, 1.165) is 26.1 Å². The van der Waals surface area contributed by atoms with E-state index in [-0.39, 0.29) is 6.10 Å². The third-order valence-corrected chi connectivity index (χ3v) is 2.45. The lowest BCUT2D eigenvalue weighted by Gasteiger charge is -2.33. The molecule has 0 aliphatic carbocycles. The highest BCUT2D eigenvalue weighted by molar-refractivity contribution is 4.75. The predicted molar refractivity (Wildman–Crippen MR) is 41.9 cm³/mol. The van der Waals surface area contributed by atoms with Gasteiger partial charge in [-0.15, -0.1) is 0 Å². The van der Waals surface area contributed by atoms with Crippen molar-refractivity contribution >= 4 is 0 Å². The maximum Gasteiger partial charge on any atom is 0.0693 e. The molecule has 0 radical (unpaired) electrons. The third kappa shape index (κ3) is 1.70. The van der Waals surface area contributed by atoms with E-state index in [9.17, 15) is 5.11 Å². The second-order valence-electron chi connectivity index (χ2n) is 3.23. The lowest BCUT2D eigenvalue weighted by Crippen LogP contribution is -2.42. The van der Waals surface area contributed by atoms with Gasteiger partial charge in [0.1, 0.15) is 0 Å². The molecule has 60 valence electrons. The van der Waals surface area contributed by atoms with Gasteiger partial charge in [-0.2, -0.15) is 0 Å². The van der Waals surface area contributed by atoms with E-state index >= 15 is 0 Å². The Bertz CT molecular complexity index is 105. The largest absolute Gasteiger partial charge is 0.392 e. The first-order chi connectivity index (χ1) is 4.74. The first-order valence-electron chi connectivity index (χ1n) is 4.14. The van der Waals surface area contributed by atoms with Crippen LogP contribution >= 0.6 is 0 Å². The van der Waals surface area contributed by atoms with Gasteiger partial charge in [0, 0.05) is 6.54 Å². The van der Waals surface area contributed by atoms with Gasteiger partial charge in [-0.05, 0) is 25.4 Å². The molecule has 0 saturated carbocycles. The summed E-state index contributed by atoms with van der Waals surface area (Å²) in [5.74, 6) is 0.503. The topological polar surface area (TPSA) is 23.5 Å². The van der Waals surface area contributed by atoms with Gasteiger partial charge in [-0.1, -0.05) is 13.8 Å². The molecule has 1 heterocycles. The molecule has 2 unspecified atom stereocenters. The van der Waals surface area contributed by atoms with Gasteiger partial charge < -0.3 is 10.0 Å². The van der Waals surface area contributed by atoms with E-state index in [2.05, 4.69) is 18.7 Å². The van der Waals surface area contributed by atoms with Crippen molar-refractivity contribution in [2.45, 2.75) is 26.4 Å². The SMILES string of the molecule is CCN1CCC(C)C(O)C1. The summed E-state index contributed by atoms with van der Waals surface area (Å²) < 4.78 is 0. The number of likely N-dealkylation sites (N-methyl/N-ethyl adjacent to an activating group) is 1. The Kier molecular flexibility index (Phi) is 2.69. The molecule has 0 bridgehead atoms. The van der Waals surface area contributed by atoms with Crippen molar-refractivity contribution in [1.82, 2.24) is 4.90 Å². The molecule has 2 atom stereocenters.